The fraction of sp³-hybridized carbons (Fsp3) is 0.280. The Kier molecular flexibility index (Phi) is 11.8. The van der Waals surface area contributed by atoms with Crippen LogP contribution >= 0.6 is 91.5 Å². The zero-order valence-electron chi connectivity index (χ0n) is 35.7. The lowest BCUT2D eigenvalue weighted by atomic mass is 10.1. The van der Waals surface area contributed by atoms with Crippen molar-refractivity contribution in [3.8, 4) is 71.0 Å². The summed E-state index contributed by atoms with van der Waals surface area (Å²) in [5, 5.41) is 3.08. The van der Waals surface area contributed by atoms with Gasteiger partial charge >= 0.3 is 0 Å². The Hall–Kier alpha value is -3.50. The molecule has 0 unspecified atom stereocenters. The minimum Gasteiger partial charge on any atom is -0.172 e. The zero-order valence-corrected chi connectivity index (χ0v) is 43.2. The van der Waals surface area contributed by atoms with E-state index in [1.54, 1.807) is 0 Å². The van der Waals surface area contributed by atoms with Crippen LogP contribution in [0.1, 0.15) is 75.0 Å². The Morgan fingerprint density at radius 1 is 0.381 bits per heavy atom. The molecule has 0 saturated heterocycles. The van der Waals surface area contributed by atoms with Gasteiger partial charge in [-0.1, -0.05) is 89.7 Å². The van der Waals surface area contributed by atoms with Gasteiger partial charge in [0.2, 0.25) is 0 Å². The molecule has 11 rings (SSSR count). The number of aromatic nitrogens is 4. The van der Waals surface area contributed by atoms with Gasteiger partial charge in [0.25, 0.3) is 0 Å². The second-order valence-corrected chi connectivity index (χ2v) is 29.1. The molecule has 1 aliphatic heterocycles. The molecule has 0 aliphatic carbocycles. The zero-order chi connectivity index (χ0) is 42.7. The predicted octanol–water partition coefficient (Wildman–Crippen LogP) is 17.1. The van der Waals surface area contributed by atoms with Crippen molar-refractivity contribution in [1.29, 1.82) is 0 Å². The maximum Gasteiger partial charge on any atom is 0.116 e. The Balaban J connectivity index is 0.857. The first-order chi connectivity index (χ1) is 30.9. The SMILES string of the molecule is CCCCCCc1ccc(-c2ccc(-c3ccc(-c4cc5c(s4)-c4sc(-c6ccc(-c7ccc(-c8ccc(CCCCCC)s8)s7)c7nsnc67)cc4[Si]5(C)C)c4nsnc34)s2)s1. The van der Waals surface area contributed by atoms with Crippen LogP contribution in [0.4, 0.5) is 0 Å². The smallest absolute Gasteiger partial charge is 0.116 e. The predicted molar refractivity (Wildman–Crippen MR) is 286 cm³/mol. The van der Waals surface area contributed by atoms with Gasteiger partial charge in [-0.3, -0.25) is 0 Å². The molecule has 0 spiro atoms. The lowest BCUT2D eigenvalue weighted by Gasteiger charge is -2.16. The molecule has 318 valence electrons. The van der Waals surface area contributed by atoms with Gasteiger partial charge < -0.3 is 0 Å². The lowest BCUT2D eigenvalue weighted by Crippen LogP contribution is -2.48. The van der Waals surface area contributed by atoms with Crippen molar-refractivity contribution in [2.45, 2.75) is 91.1 Å². The van der Waals surface area contributed by atoms with Crippen LogP contribution in [-0.2, 0) is 12.8 Å². The number of hydrogen-bond acceptors (Lipinski definition) is 12. The largest absolute Gasteiger partial charge is 0.172 e. The van der Waals surface area contributed by atoms with E-state index in [1.165, 1.54) is 179 Å². The van der Waals surface area contributed by atoms with E-state index >= 15 is 0 Å². The first kappa shape index (κ1) is 42.2. The third kappa shape index (κ3) is 7.82. The van der Waals surface area contributed by atoms with E-state index < -0.39 is 8.07 Å². The second-order valence-electron chi connectivity index (χ2n) is 17.1. The van der Waals surface area contributed by atoms with Gasteiger partial charge in [-0.2, -0.15) is 17.5 Å². The molecule has 0 N–H and O–H groups in total. The van der Waals surface area contributed by atoms with Gasteiger partial charge in [-0.15, -0.1) is 68.0 Å². The fourth-order valence-corrected chi connectivity index (χ4v) is 21.7. The van der Waals surface area contributed by atoms with E-state index in [1.807, 2.05) is 68.0 Å². The van der Waals surface area contributed by atoms with Gasteiger partial charge in [0.1, 0.15) is 30.1 Å². The summed E-state index contributed by atoms with van der Waals surface area (Å²) in [5.74, 6) is 0. The molecule has 0 fully saturated rings. The van der Waals surface area contributed by atoms with Crippen LogP contribution in [0.15, 0.2) is 84.9 Å². The van der Waals surface area contributed by atoms with Gasteiger partial charge in [0.15, 0.2) is 0 Å². The van der Waals surface area contributed by atoms with Crippen molar-refractivity contribution in [1.82, 2.24) is 17.5 Å². The molecule has 9 heterocycles. The quantitative estimate of drug-likeness (QED) is 0.0715. The Morgan fingerprint density at radius 3 is 1.16 bits per heavy atom. The van der Waals surface area contributed by atoms with Crippen LogP contribution in [0.5, 0.6) is 0 Å². The van der Waals surface area contributed by atoms with Crippen LogP contribution in [0, 0.1) is 0 Å². The van der Waals surface area contributed by atoms with E-state index in [-0.39, 0.29) is 0 Å². The molecular formula is C50H46N4S8Si. The fourth-order valence-electron chi connectivity index (χ4n) is 8.96. The van der Waals surface area contributed by atoms with Gasteiger partial charge in [0, 0.05) is 80.8 Å². The minimum absolute atomic E-state index is 1.01. The number of aryl methyl sites for hydroxylation is 2. The molecule has 0 atom stereocenters. The second kappa shape index (κ2) is 17.7. The van der Waals surface area contributed by atoms with Crippen LogP contribution in [0.25, 0.3) is 93.1 Å². The number of hydrogen-bond donors (Lipinski definition) is 0. The number of unbranched alkanes of at least 4 members (excludes halogenated alkanes) is 6. The van der Waals surface area contributed by atoms with E-state index in [4.69, 9.17) is 17.5 Å². The highest BCUT2D eigenvalue weighted by Crippen LogP contribution is 2.49. The monoisotopic (exact) mass is 986 g/mol. The van der Waals surface area contributed by atoms with Gasteiger partial charge in [-0.25, -0.2) is 0 Å². The van der Waals surface area contributed by atoms with E-state index in [0.29, 0.717) is 0 Å². The summed E-state index contributed by atoms with van der Waals surface area (Å²) in [6.07, 6.45) is 12.8. The topological polar surface area (TPSA) is 51.6 Å². The van der Waals surface area contributed by atoms with E-state index in [9.17, 15) is 0 Å². The van der Waals surface area contributed by atoms with Crippen LogP contribution in [0.3, 0.4) is 0 Å². The molecule has 0 bridgehead atoms. The molecule has 8 aromatic heterocycles. The standard InChI is InChI=1S/C50H46N4S8Si/c1-5-7-9-11-13-29-15-21-37(55-29)39-25-23-35(57-39)31-17-19-33(47-45(31)51-61-53-47)41-27-43-49(59-41)50-44(63(43,3)4)28-42(60-50)34-20-18-32(46-48(34)54-62-52-46)36-24-26-40(58-36)38-22-16-30(56-38)14-12-10-8-6-2/h15-28H,5-14H2,1-4H3. The van der Waals surface area contributed by atoms with Crippen molar-refractivity contribution < 1.29 is 0 Å². The summed E-state index contributed by atoms with van der Waals surface area (Å²) in [4.78, 5) is 16.3. The molecule has 2 aromatic carbocycles. The highest BCUT2D eigenvalue weighted by molar-refractivity contribution is 7.31. The van der Waals surface area contributed by atoms with Crippen molar-refractivity contribution >= 4 is 132 Å². The summed E-state index contributed by atoms with van der Waals surface area (Å²) < 4.78 is 19.7. The first-order valence-corrected chi connectivity index (χ1v) is 31.4. The average molecular weight is 988 g/mol. The summed E-state index contributed by atoms with van der Waals surface area (Å²) in [5.41, 5.74) is 8.78. The van der Waals surface area contributed by atoms with E-state index in [0.717, 1.165) is 22.1 Å². The normalized spacial score (nSPS) is 13.2. The minimum atomic E-state index is -1.96. The molecule has 1 aliphatic rings. The number of rotatable bonds is 16. The summed E-state index contributed by atoms with van der Waals surface area (Å²) >= 11 is 14.2. The molecule has 10 aromatic rings. The maximum atomic E-state index is 4.93. The molecule has 0 amide bonds. The molecule has 63 heavy (non-hydrogen) atoms. The molecule has 0 saturated carbocycles. The van der Waals surface area contributed by atoms with Gasteiger partial charge in [-0.05, 0) is 96.7 Å². The highest BCUT2D eigenvalue weighted by atomic mass is 32.1. The third-order valence-electron chi connectivity index (χ3n) is 12.5. The first-order valence-electron chi connectivity index (χ1n) is 22.1. The number of thiophene rings is 6. The lowest BCUT2D eigenvalue weighted by molar-refractivity contribution is 0.670. The molecule has 13 heteroatoms. The van der Waals surface area contributed by atoms with Crippen LogP contribution in [-0.4, -0.2) is 25.6 Å². The highest BCUT2D eigenvalue weighted by Gasteiger charge is 2.41. The Bertz CT molecular complexity index is 3020. The van der Waals surface area contributed by atoms with Crippen LogP contribution < -0.4 is 10.4 Å². The third-order valence-corrected chi connectivity index (χ3v) is 24.8. The number of nitrogens with zero attached hydrogens (tertiary/aromatic N) is 4. The van der Waals surface area contributed by atoms with Crippen molar-refractivity contribution in [3.05, 3.63) is 94.7 Å². The number of fused-ring (bicyclic) bond motifs is 5. The Morgan fingerprint density at radius 2 is 0.746 bits per heavy atom. The molecule has 0 radical (unpaired) electrons. The van der Waals surface area contributed by atoms with Crippen molar-refractivity contribution in [3.63, 3.8) is 0 Å². The molecular weight excluding hydrogens is 941 g/mol. The summed E-state index contributed by atoms with van der Waals surface area (Å²) in [7, 11) is -1.96. The average Bonchev–Trinajstić information content (AvgIpc) is 4.14. The van der Waals surface area contributed by atoms with Gasteiger partial charge in [0.05, 0.1) is 23.5 Å². The van der Waals surface area contributed by atoms with E-state index in [2.05, 4.69) is 112 Å². The maximum absolute atomic E-state index is 4.93. The van der Waals surface area contributed by atoms with Crippen molar-refractivity contribution in [2.75, 3.05) is 0 Å². The molecule has 4 nitrogen and oxygen atoms in total. The van der Waals surface area contributed by atoms with Crippen molar-refractivity contribution in [2.24, 2.45) is 0 Å². The summed E-state index contributed by atoms with van der Waals surface area (Å²) in [6.45, 7) is 9.59. The number of benzene rings is 2. The van der Waals surface area contributed by atoms with Crippen LogP contribution in [0.2, 0.25) is 13.1 Å². The Labute approximate surface area is 402 Å². The summed E-state index contributed by atoms with van der Waals surface area (Å²) in [6, 6.07) is 32.5.